The number of hydrogen-bond donors (Lipinski definition) is 0. The molecule has 0 saturated carbocycles. The normalized spacial score (nSPS) is 11.6. The predicted molar refractivity (Wildman–Crippen MR) is 223 cm³/mol. The molecule has 214 valence electrons. The van der Waals surface area contributed by atoms with Crippen LogP contribution < -0.4 is 38.2 Å². The third-order valence-electron chi connectivity index (χ3n) is 10.9. The molecular formula is C37H30B7N3. The summed E-state index contributed by atoms with van der Waals surface area (Å²) in [5, 5.41) is 15.9. The highest BCUT2D eigenvalue weighted by molar-refractivity contribution is 6.66. The van der Waals surface area contributed by atoms with E-state index in [-0.39, 0.29) is 0 Å². The molecule has 0 amide bonds. The Labute approximate surface area is 281 Å². The van der Waals surface area contributed by atoms with Crippen LogP contribution in [0.2, 0.25) is 0 Å². The zero-order chi connectivity index (χ0) is 32.7. The lowest BCUT2D eigenvalue weighted by molar-refractivity contribution is 1.18. The van der Waals surface area contributed by atoms with E-state index < -0.39 is 0 Å². The fourth-order valence-electron chi connectivity index (χ4n) is 8.13. The molecule has 0 radical (unpaired) electrons. The Bertz CT molecular complexity index is 2570. The molecule has 3 nitrogen and oxygen atoms in total. The number of fused-ring (bicyclic) bond motifs is 6. The van der Waals surface area contributed by atoms with Crippen molar-refractivity contribution in [3.05, 3.63) is 103 Å². The first-order valence-electron chi connectivity index (χ1n) is 16.4. The number of hydrogen-bond acceptors (Lipinski definition) is 1. The van der Waals surface area contributed by atoms with E-state index in [4.69, 9.17) is 0 Å². The Morgan fingerprint density at radius 1 is 0.383 bits per heavy atom. The van der Waals surface area contributed by atoms with Gasteiger partial charge in [0.25, 0.3) is 0 Å². The van der Waals surface area contributed by atoms with E-state index in [0.29, 0.717) is 0 Å². The summed E-state index contributed by atoms with van der Waals surface area (Å²) in [5.41, 5.74) is 18.3. The summed E-state index contributed by atoms with van der Waals surface area (Å²) >= 11 is 0. The summed E-state index contributed by atoms with van der Waals surface area (Å²) < 4.78 is 4.78. The van der Waals surface area contributed by atoms with E-state index >= 15 is 0 Å². The smallest absolute Gasteiger partial charge is 0.141 e. The average Bonchev–Trinajstić information content (AvgIpc) is 3.61. The van der Waals surface area contributed by atoms with Gasteiger partial charge < -0.3 is 9.13 Å². The second-order valence-electron chi connectivity index (χ2n) is 13.0. The molecule has 0 saturated heterocycles. The molecule has 0 aliphatic rings. The summed E-state index contributed by atoms with van der Waals surface area (Å²) in [6, 6.07) is 37.2. The van der Waals surface area contributed by atoms with Gasteiger partial charge in [-0.2, -0.15) is 5.26 Å². The predicted octanol–water partition coefficient (Wildman–Crippen LogP) is -2.77. The van der Waals surface area contributed by atoms with Gasteiger partial charge in [-0.3, -0.25) is 0 Å². The Hall–Kier alpha value is -5.14. The number of benzene rings is 6. The summed E-state index contributed by atoms with van der Waals surface area (Å²) in [6.45, 7) is 0. The van der Waals surface area contributed by atoms with Crippen molar-refractivity contribution in [2.24, 2.45) is 0 Å². The molecule has 10 heteroatoms. The molecule has 0 bridgehead atoms. The highest BCUT2D eigenvalue weighted by Crippen LogP contribution is 2.35. The quantitative estimate of drug-likeness (QED) is 0.205. The summed E-state index contributed by atoms with van der Waals surface area (Å²) in [7, 11) is 15.6. The Morgan fingerprint density at radius 3 is 1.15 bits per heavy atom. The molecule has 8 rings (SSSR count). The first-order valence-corrected chi connectivity index (χ1v) is 16.4. The van der Waals surface area contributed by atoms with E-state index in [1.807, 2.05) is 0 Å². The van der Waals surface area contributed by atoms with Crippen LogP contribution in [0.1, 0.15) is 5.56 Å². The number of aromatic nitrogens is 2. The lowest BCUT2D eigenvalue weighted by Gasteiger charge is -2.29. The topological polar surface area (TPSA) is 33.6 Å². The zero-order valence-electron chi connectivity index (χ0n) is 28.1. The second-order valence-corrected chi connectivity index (χ2v) is 13.0. The SMILES string of the molecule is Bc1c(B)c(B)c(-n2c3ccccc3c3ccccc32)c(-c2c(B)c(B)c(-n3c4ccccc4c4ccccc43)c(C#N)c2B)c1B. The van der Waals surface area contributed by atoms with Crippen molar-refractivity contribution in [1.29, 1.82) is 5.26 Å². The summed E-state index contributed by atoms with van der Waals surface area (Å²) in [6.07, 6.45) is 0. The van der Waals surface area contributed by atoms with Crippen molar-refractivity contribution in [2.75, 3.05) is 0 Å². The molecule has 0 aliphatic heterocycles. The molecule has 47 heavy (non-hydrogen) atoms. The van der Waals surface area contributed by atoms with Crippen molar-refractivity contribution < 1.29 is 0 Å². The fourth-order valence-corrected chi connectivity index (χ4v) is 8.13. The van der Waals surface area contributed by atoms with Gasteiger partial charge in [-0.1, -0.05) is 106 Å². The van der Waals surface area contributed by atoms with Gasteiger partial charge in [0.1, 0.15) is 61.0 Å². The number of para-hydroxylation sites is 4. The monoisotopic (exact) mass is 593 g/mol. The maximum Gasteiger partial charge on any atom is 0.141 e. The van der Waals surface area contributed by atoms with Crippen LogP contribution in [0.15, 0.2) is 97.1 Å². The molecule has 6 aromatic carbocycles. The fraction of sp³-hybridized carbons (Fsp3) is 0. The van der Waals surface area contributed by atoms with Crippen molar-refractivity contribution in [2.45, 2.75) is 0 Å². The van der Waals surface area contributed by atoms with Gasteiger partial charge in [-0.15, -0.1) is 5.46 Å². The van der Waals surface area contributed by atoms with Crippen LogP contribution in [0.4, 0.5) is 0 Å². The van der Waals surface area contributed by atoms with E-state index in [1.165, 1.54) is 71.1 Å². The van der Waals surface area contributed by atoms with Crippen molar-refractivity contribution in [3.63, 3.8) is 0 Å². The standard InChI is InChI=1S/C37H30B7N3/c38-29-22(17-45)36(46-23-13-5-1-9-18(23)19-10-2-6-14-24(19)46)34(43)30(39)27(29)28-31(40)32(41)33(42)35(44)37(28)47-25-15-7-3-11-20(25)21-12-4-8-16-26(21)47/h1-16H,38-44H2. The second kappa shape index (κ2) is 10.7. The van der Waals surface area contributed by atoms with Crippen molar-refractivity contribution >= 4 is 137 Å². The minimum atomic E-state index is 0.720. The Kier molecular flexibility index (Phi) is 6.67. The third-order valence-corrected chi connectivity index (χ3v) is 10.9. The molecule has 0 fully saturated rings. The highest BCUT2D eigenvalue weighted by Gasteiger charge is 2.27. The minimum absolute atomic E-state index is 0.720. The first-order chi connectivity index (χ1) is 22.8. The molecule has 2 heterocycles. The molecule has 0 aliphatic carbocycles. The van der Waals surface area contributed by atoms with Crippen LogP contribution in [-0.2, 0) is 0 Å². The van der Waals surface area contributed by atoms with E-state index in [1.54, 1.807) is 0 Å². The Balaban J connectivity index is 1.54. The molecule has 2 aromatic heterocycles. The maximum absolute atomic E-state index is 11.0. The number of nitriles is 1. The van der Waals surface area contributed by atoms with Gasteiger partial charge in [0.2, 0.25) is 0 Å². The molecule has 0 N–H and O–H groups in total. The van der Waals surface area contributed by atoms with Gasteiger partial charge in [0.15, 0.2) is 0 Å². The van der Waals surface area contributed by atoms with Crippen molar-refractivity contribution in [3.8, 4) is 28.6 Å². The number of nitrogens with zero attached hydrogens (tertiary/aromatic N) is 3. The van der Waals surface area contributed by atoms with Gasteiger partial charge in [0.05, 0.1) is 33.3 Å². The van der Waals surface area contributed by atoms with Gasteiger partial charge >= 0.3 is 0 Å². The molecule has 0 atom stereocenters. The molecule has 8 aromatic rings. The van der Waals surface area contributed by atoms with Gasteiger partial charge in [-0.25, -0.2) is 0 Å². The van der Waals surface area contributed by atoms with Crippen LogP contribution in [0.5, 0.6) is 0 Å². The van der Waals surface area contributed by atoms with Gasteiger partial charge in [0, 0.05) is 27.2 Å². The van der Waals surface area contributed by atoms with Gasteiger partial charge in [-0.05, 0) is 35.4 Å². The van der Waals surface area contributed by atoms with Crippen LogP contribution in [0, 0.1) is 11.3 Å². The first kappa shape index (κ1) is 29.3. The lowest BCUT2D eigenvalue weighted by atomic mass is 9.60. The molecule has 0 unspecified atom stereocenters. The molecular weight excluding hydrogens is 562 g/mol. The summed E-state index contributed by atoms with van der Waals surface area (Å²) in [4.78, 5) is 0. The van der Waals surface area contributed by atoms with E-state index in [2.05, 4.69) is 167 Å². The largest absolute Gasteiger partial charge is 0.309 e. The lowest BCUT2D eigenvalue weighted by Crippen LogP contribution is -2.51. The summed E-state index contributed by atoms with van der Waals surface area (Å²) in [5.74, 6) is 0. The molecule has 0 spiro atoms. The zero-order valence-corrected chi connectivity index (χ0v) is 28.1. The Morgan fingerprint density at radius 2 is 0.723 bits per heavy atom. The average molecular weight is 592 g/mol. The van der Waals surface area contributed by atoms with Crippen LogP contribution >= 0.6 is 0 Å². The van der Waals surface area contributed by atoms with Crippen molar-refractivity contribution in [1.82, 2.24) is 9.13 Å². The van der Waals surface area contributed by atoms with Crippen LogP contribution in [0.25, 0.3) is 66.1 Å². The van der Waals surface area contributed by atoms with Crippen LogP contribution in [-0.4, -0.2) is 64.1 Å². The number of rotatable bonds is 3. The third kappa shape index (κ3) is 3.96. The van der Waals surface area contributed by atoms with Crippen LogP contribution in [0.3, 0.4) is 0 Å². The minimum Gasteiger partial charge on any atom is -0.309 e. The maximum atomic E-state index is 11.0. The highest BCUT2D eigenvalue weighted by atomic mass is 15.0. The van der Waals surface area contributed by atoms with E-state index in [9.17, 15) is 5.26 Å². The van der Waals surface area contributed by atoms with E-state index in [0.717, 1.165) is 38.8 Å².